The number of aromatic nitrogens is 3. The summed E-state index contributed by atoms with van der Waals surface area (Å²) in [6, 6.07) is 11.4. The van der Waals surface area contributed by atoms with Gasteiger partial charge >= 0.3 is 6.18 Å². The van der Waals surface area contributed by atoms with Crippen molar-refractivity contribution in [2.24, 2.45) is 5.41 Å². The van der Waals surface area contributed by atoms with E-state index in [9.17, 15) is 35.2 Å². The van der Waals surface area contributed by atoms with E-state index in [0.717, 1.165) is 36.5 Å². The molecule has 6 nitrogen and oxygen atoms in total. The van der Waals surface area contributed by atoms with E-state index in [0.29, 0.717) is 28.6 Å². The van der Waals surface area contributed by atoms with Gasteiger partial charge in [-0.25, -0.2) is 21.9 Å². The number of alkyl halides is 3. The van der Waals surface area contributed by atoms with Crippen molar-refractivity contribution in [3.05, 3.63) is 113 Å². The van der Waals surface area contributed by atoms with Crippen molar-refractivity contribution in [1.82, 2.24) is 14.8 Å². The van der Waals surface area contributed by atoms with Crippen LogP contribution in [0, 0.1) is 17.0 Å². The van der Waals surface area contributed by atoms with Gasteiger partial charge in [-0.3, -0.25) is 9.78 Å². The molecule has 216 valence electrons. The molecule has 0 N–H and O–H groups in total. The zero-order valence-electron chi connectivity index (χ0n) is 21.8. The summed E-state index contributed by atoms with van der Waals surface area (Å²) >= 11 is 0. The van der Waals surface area contributed by atoms with Crippen LogP contribution in [0.1, 0.15) is 46.6 Å². The van der Waals surface area contributed by atoms with Crippen molar-refractivity contribution >= 4 is 21.7 Å². The van der Waals surface area contributed by atoms with Crippen LogP contribution >= 0.6 is 0 Å². The van der Waals surface area contributed by atoms with Crippen LogP contribution < -0.4 is 0 Å². The molecule has 2 heterocycles. The van der Waals surface area contributed by atoms with Crippen LogP contribution in [0.15, 0.2) is 83.5 Å². The number of fused-ring (bicyclic) bond motifs is 2. The molecule has 4 aromatic rings. The zero-order valence-corrected chi connectivity index (χ0v) is 22.6. The van der Waals surface area contributed by atoms with Crippen molar-refractivity contribution in [3.63, 3.8) is 0 Å². The fraction of sp³-hybridized carbons (Fsp3) is 0.233. The molecule has 6 rings (SSSR count). The summed E-state index contributed by atoms with van der Waals surface area (Å²) in [5.74, 6) is -1.76. The monoisotopic (exact) mass is 599 g/mol. The van der Waals surface area contributed by atoms with Gasteiger partial charge in [0, 0.05) is 6.20 Å². The molecule has 2 aliphatic carbocycles. The van der Waals surface area contributed by atoms with E-state index in [-0.39, 0.29) is 30.6 Å². The fourth-order valence-corrected chi connectivity index (χ4v) is 7.74. The molecule has 2 aliphatic rings. The van der Waals surface area contributed by atoms with E-state index < -0.39 is 55.4 Å². The Morgan fingerprint density at radius 1 is 0.976 bits per heavy atom. The lowest BCUT2D eigenvalue weighted by molar-refractivity contribution is -0.137. The highest BCUT2D eigenvalue weighted by atomic mass is 32.2. The van der Waals surface area contributed by atoms with Crippen molar-refractivity contribution in [2.75, 3.05) is 0 Å². The number of hydrogen-bond acceptors (Lipinski definition) is 5. The number of allylic oxidation sites excluding steroid dienone is 1. The third-order valence-electron chi connectivity index (χ3n) is 8.02. The maximum Gasteiger partial charge on any atom is 0.416 e. The number of ketones is 1. The summed E-state index contributed by atoms with van der Waals surface area (Å²) in [4.78, 5) is 18.1. The number of carbonyl (C=O) groups excluding carboxylic acids is 1. The quantitative estimate of drug-likeness (QED) is 0.151. The van der Waals surface area contributed by atoms with Gasteiger partial charge in [-0.05, 0) is 98.0 Å². The van der Waals surface area contributed by atoms with Gasteiger partial charge in [0.15, 0.2) is 15.6 Å². The second-order valence-corrected chi connectivity index (χ2v) is 12.7. The zero-order chi connectivity index (χ0) is 29.9. The van der Waals surface area contributed by atoms with E-state index >= 15 is 0 Å². The molecule has 0 spiro atoms. The Morgan fingerprint density at radius 3 is 2.31 bits per heavy atom. The molecule has 0 unspecified atom stereocenters. The van der Waals surface area contributed by atoms with Crippen molar-refractivity contribution < 1.29 is 35.2 Å². The van der Waals surface area contributed by atoms with Gasteiger partial charge < -0.3 is 0 Å². The predicted molar refractivity (Wildman–Crippen MR) is 142 cm³/mol. The molecule has 0 bridgehead atoms. The third kappa shape index (κ3) is 4.73. The Kier molecular flexibility index (Phi) is 6.64. The molecule has 2 atom stereocenters. The minimum atomic E-state index is -4.72. The van der Waals surface area contributed by atoms with Gasteiger partial charge in [0.05, 0.1) is 38.7 Å². The van der Waals surface area contributed by atoms with E-state index in [1.165, 1.54) is 30.5 Å². The van der Waals surface area contributed by atoms with Crippen LogP contribution in [0.25, 0.3) is 11.8 Å². The molecule has 0 saturated heterocycles. The van der Waals surface area contributed by atoms with Crippen LogP contribution in [-0.4, -0.2) is 34.2 Å². The van der Waals surface area contributed by atoms with E-state index in [4.69, 9.17) is 0 Å². The first-order valence-corrected chi connectivity index (χ1v) is 14.5. The number of Topliss-reactive ketones (excluding diaryl/α,β-unsaturated/α-hetero) is 1. The molecule has 1 fully saturated rings. The lowest BCUT2D eigenvalue weighted by Gasteiger charge is -2.43. The maximum absolute atomic E-state index is 14.2. The smallest absolute Gasteiger partial charge is 0.291 e. The number of sulfone groups is 1. The molecule has 2 aromatic carbocycles. The van der Waals surface area contributed by atoms with Gasteiger partial charge in [0.2, 0.25) is 0 Å². The normalized spacial score (nSPS) is 20.4. The molecule has 0 radical (unpaired) electrons. The van der Waals surface area contributed by atoms with Crippen molar-refractivity contribution in [1.29, 1.82) is 0 Å². The first-order chi connectivity index (χ1) is 19.9. The summed E-state index contributed by atoms with van der Waals surface area (Å²) < 4.78 is 96.6. The average molecular weight is 600 g/mol. The molecule has 2 aromatic heterocycles. The molecule has 0 aliphatic heterocycles. The van der Waals surface area contributed by atoms with Gasteiger partial charge in [0.25, 0.3) is 0 Å². The van der Waals surface area contributed by atoms with E-state index in [2.05, 4.69) is 10.1 Å². The first kappa shape index (κ1) is 28.0. The molecule has 1 saturated carbocycles. The Bertz CT molecular complexity index is 1830. The van der Waals surface area contributed by atoms with Crippen LogP contribution in [-0.2, 0) is 22.4 Å². The number of benzene rings is 2. The SMILES string of the molecule is O=C(c1cc(C(F)(F)F)ccn1)[C@]12Cc3cnn(-c4ccc(F)cc4)c3C=C1CC[C@@H](S(=O)(=O)c1ccc(F)cc1)C2. The molecular weight excluding hydrogens is 577 g/mol. The summed E-state index contributed by atoms with van der Waals surface area (Å²) in [7, 11) is -4.04. The largest absolute Gasteiger partial charge is 0.416 e. The Labute approximate surface area is 237 Å². The van der Waals surface area contributed by atoms with Crippen molar-refractivity contribution in [2.45, 2.75) is 42.0 Å². The lowest BCUT2D eigenvalue weighted by Crippen LogP contribution is -2.46. The van der Waals surface area contributed by atoms with E-state index in [1.807, 2.05) is 0 Å². The van der Waals surface area contributed by atoms with Crippen LogP contribution in [0.4, 0.5) is 22.0 Å². The molecule has 42 heavy (non-hydrogen) atoms. The predicted octanol–water partition coefficient (Wildman–Crippen LogP) is 6.40. The Hall–Kier alpha value is -4.19. The number of pyridine rings is 1. The Balaban J connectivity index is 1.46. The van der Waals surface area contributed by atoms with Crippen LogP contribution in [0.2, 0.25) is 0 Å². The van der Waals surface area contributed by atoms with Crippen LogP contribution in [0.3, 0.4) is 0 Å². The summed E-state index contributed by atoms with van der Waals surface area (Å²) in [5, 5.41) is 3.34. The van der Waals surface area contributed by atoms with Gasteiger partial charge in [-0.1, -0.05) is 5.57 Å². The summed E-state index contributed by atoms with van der Waals surface area (Å²) in [6.45, 7) is 0. The topological polar surface area (TPSA) is 81.9 Å². The molecule has 0 amide bonds. The van der Waals surface area contributed by atoms with Gasteiger partial charge in [-0.2, -0.15) is 18.3 Å². The number of rotatable bonds is 5. The number of carbonyl (C=O) groups is 1. The van der Waals surface area contributed by atoms with Crippen LogP contribution in [0.5, 0.6) is 0 Å². The number of hydrogen-bond donors (Lipinski definition) is 0. The first-order valence-electron chi connectivity index (χ1n) is 13.0. The summed E-state index contributed by atoms with van der Waals surface area (Å²) in [5.41, 5.74) is -0.703. The molecular formula is C30H22F5N3O3S. The highest BCUT2D eigenvalue weighted by molar-refractivity contribution is 7.92. The fourth-order valence-electron chi connectivity index (χ4n) is 5.91. The highest BCUT2D eigenvalue weighted by Crippen LogP contribution is 2.52. The maximum atomic E-state index is 14.2. The standard InChI is InChI=1S/C30H22F5N3O3S/c31-21-2-6-23(7-3-21)38-27-14-19-1-8-25(42(40,41)24-9-4-22(32)5-10-24)16-29(19,15-18(27)17-37-38)28(39)26-13-20(11-12-36-26)30(33,34)35/h2-7,9-14,17,25H,1,8,15-16H2/t25-,29+/m1/s1. The minimum Gasteiger partial charge on any atom is -0.291 e. The Morgan fingerprint density at radius 2 is 1.64 bits per heavy atom. The van der Waals surface area contributed by atoms with Gasteiger partial charge in [-0.15, -0.1) is 0 Å². The number of nitrogens with zero attached hydrogens (tertiary/aromatic N) is 3. The van der Waals surface area contributed by atoms with Gasteiger partial charge in [0.1, 0.15) is 17.3 Å². The lowest BCUT2D eigenvalue weighted by atomic mass is 9.61. The second-order valence-electron chi connectivity index (χ2n) is 10.5. The number of halogens is 5. The third-order valence-corrected chi connectivity index (χ3v) is 10.2. The minimum absolute atomic E-state index is 0.0262. The highest BCUT2D eigenvalue weighted by Gasteiger charge is 2.52. The second kappa shape index (κ2) is 9.97. The van der Waals surface area contributed by atoms with Crippen molar-refractivity contribution in [3.8, 4) is 5.69 Å². The van der Waals surface area contributed by atoms with E-state index in [1.54, 1.807) is 10.8 Å². The average Bonchev–Trinajstić information content (AvgIpc) is 3.37. The molecule has 12 heteroatoms. The summed E-state index contributed by atoms with van der Waals surface area (Å²) in [6.07, 6.45) is -0.517.